The van der Waals surface area contributed by atoms with Gasteiger partial charge in [-0.1, -0.05) is 97.1 Å². The fraction of sp³-hybridized carbons (Fsp3) is 0. The number of hydrogen-bond acceptors (Lipinski definition) is 1. The van der Waals surface area contributed by atoms with Crippen LogP contribution in [0.1, 0.15) is 5.56 Å². The Morgan fingerprint density at radius 3 is 1.93 bits per heavy atom. The van der Waals surface area contributed by atoms with Crippen molar-refractivity contribution >= 4 is 65.2 Å². The van der Waals surface area contributed by atoms with Gasteiger partial charge in [0.15, 0.2) is 0 Å². The third-order valence-electron chi connectivity index (χ3n) is 8.71. The van der Waals surface area contributed by atoms with Crippen molar-refractivity contribution in [2.45, 2.75) is 0 Å². The summed E-state index contributed by atoms with van der Waals surface area (Å²) in [5.74, 6) is 0. The molecule has 0 bridgehead atoms. The molecule has 3 nitrogen and oxygen atoms in total. The average Bonchev–Trinajstić information content (AvgIpc) is 3.58. The molecule has 2 aromatic heterocycles. The first kappa shape index (κ1) is 22.9. The summed E-state index contributed by atoms with van der Waals surface area (Å²) in [5, 5.41) is 20.5. The predicted molar refractivity (Wildman–Crippen MR) is 175 cm³/mol. The van der Waals surface area contributed by atoms with Gasteiger partial charge in [-0.15, -0.1) is 0 Å². The van der Waals surface area contributed by atoms with Gasteiger partial charge in [-0.3, -0.25) is 4.57 Å². The Labute approximate surface area is 241 Å². The average molecular weight is 534 g/mol. The maximum atomic E-state index is 9.58. The van der Waals surface area contributed by atoms with Crippen molar-refractivity contribution in [3.8, 4) is 22.9 Å². The highest BCUT2D eigenvalue weighted by molar-refractivity contribution is 6.25. The standard InChI is InChI=1S/C39H23N3/c40-23-24-17-19-25(20-18-24)36-33-22-27-10-2-1-9-26(27)21-32(33)28-11-3-4-12-29(28)38(36)42-35-16-8-6-14-31(35)37-30-13-5-7-15-34(30)41-39(37)42/h1-22,41H. The van der Waals surface area contributed by atoms with Crippen LogP contribution in [0.2, 0.25) is 0 Å². The van der Waals surface area contributed by atoms with Gasteiger partial charge < -0.3 is 4.98 Å². The summed E-state index contributed by atoms with van der Waals surface area (Å²) in [6.07, 6.45) is 0. The van der Waals surface area contributed by atoms with Crippen LogP contribution in [-0.4, -0.2) is 9.55 Å². The highest BCUT2D eigenvalue weighted by Crippen LogP contribution is 2.46. The van der Waals surface area contributed by atoms with E-state index in [4.69, 9.17) is 0 Å². The van der Waals surface area contributed by atoms with Crippen molar-refractivity contribution in [1.29, 1.82) is 5.26 Å². The van der Waals surface area contributed by atoms with E-state index in [1.165, 1.54) is 48.5 Å². The molecule has 194 valence electrons. The summed E-state index contributed by atoms with van der Waals surface area (Å²) < 4.78 is 2.43. The van der Waals surface area contributed by atoms with Crippen LogP contribution in [0.5, 0.6) is 0 Å². The van der Waals surface area contributed by atoms with Crippen LogP contribution < -0.4 is 0 Å². The molecule has 3 heteroatoms. The number of benzene rings is 7. The number of nitriles is 1. The second-order valence-corrected chi connectivity index (χ2v) is 11.0. The zero-order valence-corrected chi connectivity index (χ0v) is 22.6. The van der Waals surface area contributed by atoms with Gasteiger partial charge in [-0.05, 0) is 68.9 Å². The molecule has 7 aromatic carbocycles. The van der Waals surface area contributed by atoms with Gasteiger partial charge in [-0.2, -0.15) is 5.26 Å². The molecule has 0 atom stereocenters. The monoisotopic (exact) mass is 533 g/mol. The van der Waals surface area contributed by atoms with Crippen LogP contribution in [0.15, 0.2) is 133 Å². The summed E-state index contributed by atoms with van der Waals surface area (Å²) in [4.78, 5) is 3.79. The van der Waals surface area contributed by atoms with Gasteiger partial charge in [0.1, 0.15) is 5.65 Å². The lowest BCUT2D eigenvalue weighted by Crippen LogP contribution is -2.01. The van der Waals surface area contributed by atoms with Crippen molar-refractivity contribution in [3.05, 3.63) is 139 Å². The van der Waals surface area contributed by atoms with Crippen LogP contribution >= 0.6 is 0 Å². The van der Waals surface area contributed by atoms with Crippen molar-refractivity contribution < 1.29 is 0 Å². The number of H-pyrrole nitrogens is 1. The first-order valence-corrected chi connectivity index (χ1v) is 14.2. The van der Waals surface area contributed by atoms with E-state index in [1.54, 1.807) is 0 Å². The Morgan fingerprint density at radius 1 is 0.548 bits per heavy atom. The number of fused-ring (bicyclic) bond motifs is 9. The van der Waals surface area contributed by atoms with Gasteiger partial charge >= 0.3 is 0 Å². The van der Waals surface area contributed by atoms with Gasteiger partial charge in [0, 0.05) is 32.6 Å². The quantitative estimate of drug-likeness (QED) is 0.174. The first-order chi connectivity index (χ1) is 20.8. The number of para-hydroxylation sites is 2. The van der Waals surface area contributed by atoms with E-state index in [0.29, 0.717) is 5.56 Å². The van der Waals surface area contributed by atoms with E-state index in [9.17, 15) is 5.26 Å². The Hall–Kier alpha value is -5.85. The molecule has 0 fully saturated rings. The second-order valence-electron chi connectivity index (χ2n) is 11.0. The molecule has 9 rings (SSSR count). The Morgan fingerprint density at radius 2 is 1.17 bits per heavy atom. The lowest BCUT2D eigenvalue weighted by Gasteiger charge is -2.21. The largest absolute Gasteiger partial charge is 0.340 e. The number of aromatic nitrogens is 2. The number of aromatic amines is 1. The van der Waals surface area contributed by atoms with Crippen LogP contribution in [0.4, 0.5) is 0 Å². The normalized spacial score (nSPS) is 11.8. The van der Waals surface area contributed by atoms with E-state index >= 15 is 0 Å². The van der Waals surface area contributed by atoms with E-state index in [1.807, 2.05) is 12.1 Å². The Bertz CT molecular complexity index is 2570. The Balaban J connectivity index is 1.57. The molecule has 0 unspecified atom stereocenters. The molecule has 0 spiro atoms. The lowest BCUT2D eigenvalue weighted by molar-refractivity contribution is 1.17. The molecule has 0 aliphatic carbocycles. The highest BCUT2D eigenvalue weighted by atomic mass is 15.1. The molecule has 2 heterocycles. The molecule has 42 heavy (non-hydrogen) atoms. The van der Waals surface area contributed by atoms with E-state index in [-0.39, 0.29) is 0 Å². The number of hydrogen-bond donors (Lipinski definition) is 1. The molecule has 0 saturated heterocycles. The number of nitrogens with one attached hydrogen (secondary N) is 1. The maximum absolute atomic E-state index is 9.58. The van der Waals surface area contributed by atoms with Gasteiger partial charge in [0.2, 0.25) is 0 Å². The van der Waals surface area contributed by atoms with Gasteiger partial charge in [-0.25, -0.2) is 0 Å². The summed E-state index contributed by atoms with van der Waals surface area (Å²) in [5.41, 5.74) is 7.38. The molecule has 0 radical (unpaired) electrons. The molecule has 0 amide bonds. The van der Waals surface area contributed by atoms with Gasteiger partial charge in [0.25, 0.3) is 0 Å². The molecule has 1 N–H and O–H groups in total. The minimum absolute atomic E-state index is 0.653. The molecular weight excluding hydrogens is 510 g/mol. The lowest BCUT2D eigenvalue weighted by atomic mass is 9.89. The predicted octanol–water partition coefficient (Wildman–Crippen LogP) is 10.3. The van der Waals surface area contributed by atoms with E-state index < -0.39 is 0 Å². The second kappa shape index (κ2) is 8.57. The maximum Gasteiger partial charge on any atom is 0.124 e. The van der Waals surface area contributed by atoms with E-state index in [0.717, 1.165) is 33.5 Å². The summed E-state index contributed by atoms with van der Waals surface area (Å²) in [6.45, 7) is 0. The minimum atomic E-state index is 0.653. The fourth-order valence-corrected chi connectivity index (χ4v) is 6.89. The smallest absolute Gasteiger partial charge is 0.124 e. The molecule has 0 saturated carbocycles. The number of rotatable bonds is 2. The van der Waals surface area contributed by atoms with Crippen LogP contribution in [0.3, 0.4) is 0 Å². The molecule has 0 aliphatic rings. The van der Waals surface area contributed by atoms with Crippen LogP contribution in [-0.2, 0) is 0 Å². The Kier molecular flexibility index (Phi) is 4.68. The van der Waals surface area contributed by atoms with Crippen LogP contribution in [0, 0.1) is 11.3 Å². The third-order valence-corrected chi connectivity index (χ3v) is 8.71. The first-order valence-electron chi connectivity index (χ1n) is 14.2. The van der Waals surface area contributed by atoms with Crippen molar-refractivity contribution in [2.75, 3.05) is 0 Å². The zero-order chi connectivity index (χ0) is 27.8. The zero-order valence-electron chi connectivity index (χ0n) is 22.6. The highest BCUT2D eigenvalue weighted by Gasteiger charge is 2.23. The summed E-state index contributed by atoms with van der Waals surface area (Å²) >= 11 is 0. The SMILES string of the molecule is N#Cc1ccc(-c2c(-n3c4ccccc4c4c5ccccc5[nH]c43)c3ccccc3c3cc4ccccc4cc23)cc1. The van der Waals surface area contributed by atoms with Crippen molar-refractivity contribution in [3.63, 3.8) is 0 Å². The number of nitrogens with zero attached hydrogens (tertiary/aromatic N) is 2. The minimum Gasteiger partial charge on any atom is -0.340 e. The van der Waals surface area contributed by atoms with Crippen molar-refractivity contribution in [2.24, 2.45) is 0 Å². The van der Waals surface area contributed by atoms with Crippen molar-refractivity contribution in [1.82, 2.24) is 9.55 Å². The van der Waals surface area contributed by atoms with E-state index in [2.05, 4.69) is 137 Å². The molecule has 0 aliphatic heterocycles. The summed E-state index contributed by atoms with van der Waals surface area (Å²) in [6, 6.07) is 49.6. The fourth-order valence-electron chi connectivity index (χ4n) is 6.89. The summed E-state index contributed by atoms with van der Waals surface area (Å²) in [7, 11) is 0. The topological polar surface area (TPSA) is 44.5 Å². The van der Waals surface area contributed by atoms with Gasteiger partial charge in [0.05, 0.1) is 22.8 Å². The third kappa shape index (κ3) is 3.09. The molecule has 9 aromatic rings. The van der Waals surface area contributed by atoms with Crippen LogP contribution in [0.25, 0.3) is 82.0 Å². The molecular formula is C39H23N3.